The average Bonchev–Trinajstić information content (AvgIpc) is 1.51. The maximum absolute atomic E-state index is 2.47. The Hall–Kier alpha value is -13.1. The second kappa shape index (κ2) is 27.6. The van der Waals surface area contributed by atoms with E-state index in [1.54, 1.807) is 0 Å². The van der Waals surface area contributed by atoms with Crippen molar-refractivity contribution in [3.63, 3.8) is 0 Å². The van der Waals surface area contributed by atoms with Crippen molar-refractivity contribution in [2.45, 2.75) is 12.3 Å². The molecule has 0 spiro atoms. The molecule has 0 fully saturated rings. The molecule has 2 nitrogen and oxygen atoms in total. The van der Waals surface area contributed by atoms with Crippen LogP contribution >= 0.6 is 0 Å². The van der Waals surface area contributed by atoms with Gasteiger partial charge in [0, 0.05) is 33.5 Å². The second-order valence-electron chi connectivity index (χ2n) is 26.2. The first-order chi connectivity index (χ1) is 50.6. The van der Waals surface area contributed by atoms with Crippen LogP contribution in [0.3, 0.4) is 0 Å². The Kier molecular flexibility index (Phi) is 16.9. The largest absolute Gasteiger partial charge is 0.310 e. The van der Waals surface area contributed by atoms with Gasteiger partial charge in [-0.05, 0) is 184 Å². The van der Waals surface area contributed by atoms with E-state index in [1.165, 1.54) is 127 Å². The van der Waals surface area contributed by atoms with Gasteiger partial charge < -0.3 is 9.80 Å². The lowest BCUT2D eigenvalue weighted by molar-refractivity contribution is 0.768. The number of benzene rings is 17. The Labute approximate surface area is 598 Å². The molecular weight excluding hydrogens is 1230 g/mol. The zero-order chi connectivity index (χ0) is 68.2. The van der Waals surface area contributed by atoms with Crippen LogP contribution in [0.2, 0.25) is 0 Å². The van der Waals surface area contributed by atoms with Crippen LogP contribution in [0, 0.1) is 6.92 Å². The summed E-state index contributed by atoms with van der Waals surface area (Å²) in [5, 5.41) is 4.84. The number of anilines is 6. The predicted molar refractivity (Wildman–Crippen MR) is 432 cm³/mol. The third-order valence-electron chi connectivity index (χ3n) is 20.4. The van der Waals surface area contributed by atoms with Crippen molar-refractivity contribution >= 4 is 55.7 Å². The van der Waals surface area contributed by atoms with Crippen molar-refractivity contribution in [2.24, 2.45) is 0 Å². The summed E-state index contributed by atoms with van der Waals surface area (Å²) in [6.45, 7) is 2.18. The molecule has 482 valence electrons. The molecule has 0 aliphatic heterocycles. The summed E-state index contributed by atoms with van der Waals surface area (Å²) in [6, 6.07) is 152. The van der Waals surface area contributed by atoms with Crippen molar-refractivity contribution < 1.29 is 0 Å². The predicted octanol–water partition coefficient (Wildman–Crippen LogP) is 27.3. The molecule has 0 radical (unpaired) electrons. The number of aryl methyl sites for hydroxylation is 1. The fraction of sp³-hybridized carbons (Fsp3) is 0.0200. The third-order valence-corrected chi connectivity index (χ3v) is 20.4. The molecule has 0 amide bonds. The Morgan fingerprint density at radius 3 is 0.980 bits per heavy atom. The Balaban J connectivity index is 0.000000153. The first-order valence-electron chi connectivity index (χ1n) is 35.2. The Bertz CT molecular complexity index is 5730. The molecule has 102 heavy (non-hydrogen) atoms. The first-order valence-corrected chi connectivity index (χ1v) is 35.2. The average molecular weight is 1300 g/mol. The number of para-hydroxylation sites is 1. The van der Waals surface area contributed by atoms with E-state index in [2.05, 4.69) is 435 Å². The minimum atomic E-state index is -0.499. The van der Waals surface area contributed by atoms with Crippen LogP contribution in [0.1, 0.15) is 27.8 Å². The normalized spacial score (nSPS) is 11.9. The smallest absolute Gasteiger partial charge is 0.0714 e. The van der Waals surface area contributed by atoms with Gasteiger partial charge in [-0.15, -0.1) is 0 Å². The van der Waals surface area contributed by atoms with Crippen molar-refractivity contribution in [3.8, 4) is 77.9 Å². The van der Waals surface area contributed by atoms with Crippen LogP contribution in [-0.4, -0.2) is 0 Å². The molecule has 0 atom stereocenters. The lowest BCUT2D eigenvalue weighted by Gasteiger charge is -2.35. The Morgan fingerprint density at radius 1 is 0.196 bits per heavy atom. The van der Waals surface area contributed by atoms with Gasteiger partial charge in [-0.2, -0.15) is 0 Å². The number of hydrogen-bond acceptors (Lipinski definition) is 2. The van der Waals surface area contributed by atoms with E-state index in [1.807, 2.05) is 0 Å². The highest BCUT2D eigenvalue weighted by molar-refractivity contribution is 6.13. The Morgan fingerprint density at radius 2 is 0.510 bits per heavy atom. The molecule has 0 aromatic heterocycles. The quantitative estimate of drug-likeness (QED) is 0.107. The van der Waals surface area contributed by atoms with Gasteiger partial charge in [0.2, 0.25) is 0 Å². The molecule has 0 saturated heterocycles. The van der Waals surface area contributed by atoms with Gasteiger partial charge in [0.05, 0.1) is 16.8 Å². The van der Waals surface area contributed by atoms with Crippen molar-refractivity contribution in [3.05, 3.63) is 446 Å². The third kappa shape index (κ3) is 11.5. The van der Waals surface area contributed by atoms with E-state index in [0.717, 1.165) is 34.1 Å². The maximum atomic E-state index is 2.47. The molecule has 0 heterocycles. The SMILES string of the molecule is Cc1ccccc1-c1ccc(N(c2ccc(-c3ccccc3)cc2)c2cc(-c3ccccc3)c(-c3ccccc3)c3ccccc23)cc1.c1ccc(-c2cc(N(c3ccccc3)c3ccc4c(c3)C(c3ccccc3)(c3ccccc3)c3ccccc3-4)c3ccccc3c2-c2ccccc2)cc1. The highest BCUT2D eigenvalue weighted by Crippen LogP contribution is 2.58. The zero-order valence-corrected chi connectivity index (χ0v) is 56.7. The van der Waals surface area contributed by atoms with E-state index in [4.69, 9.17) is 0 Å². The number of hydrogen-bond donors (Lipinski definition) is 0. The van der Waals surface area contributed by atoms with Gasteiger partial charge in [-0.3, -0.25) is 0 Å². The van der Waals surface area contributed by atoms with E-state index in [0.29, 0.717) is 0 Å². The molecule has 0 N–H and O–H groups in total. The number of rotatable bonds is 14. The summed E-state index contributed by atoms with van der Waals surface area (Å²) in [6.07, 6.45) is 0. The minimum absolute atomic E-state index is 0.499. The van der Waals surface area contributed by atoms with E-state index < -0.39 is 5.41 Å². The fourth-order valence-corrected chi connectivity index (χ4v) is 15.7. The highest BCUT2D eigenvalue weighted by Gasteiger charge is 2.46. The second-order valence-corrected chi connectivity index (χ2v) is 26.2. The summed E-state index contributed by atoms with van der Waals surface area (Å²) in [5.41, 5.74) is 29.7. The van der Waals surface area contributed by atoms with Crippen molar-refractivity contribution in [2.75, 3.05) is 9.80 Å². The number of fused-ring (bicyclic) bond motifs is 5. The van der Waals surface area contributed by atoms with Gasteiger partial charge in [-0.25, -0.2) is 0 Å². The van der Waals surface area contributed by atoms with Crippen LogP contribution in [0.15, 0.2) is 419 Å². The minimum Gasteiger partial charge on any atom is -0.310 e. The van der Waals surface area contributed by atoms with Crippen molar-refractivity contribution in [1.82, 2.24) is 0 Å². The van der Waals surface area contributed by atoms with Gasteiger partial charge in [0.1, 0.15) is 0 Å². The van der Waals surface area contributed by atoms with Gasteiger partial charge in [-0.1, -0.05) is 358 Å². The molecule has 0 unspecified atom stereocenters. The molecule has 17 aromatic carbocycles. The molecule has 0 bridgehead atoms. The van der Waals surface area contributed by atoms with Crippen LogP contribution in [0.4, 0.5) is 34.1 Å². The summed E-state index contributed by atoms with van der Waals surface area (Å²) in [5.74, 6) is 0. The van der Waals surface area contributed by atoms with E-state index in [9.17, 15) is 0 Å². The monoisotopic (exact) mass is 1300 g/mol. The summed E-state index contributed by atoms with van der Waals surface area (Å²) >= 11 is 0. The summed E-state index contributed by atoms with van der Waals surface area (Å²) < 4.78 is 0. The van der Waals surface area contributed by atoms with Gasteiger partial charge >= 0.3 is 0 Å². The van der Waals surface area contributed by atoms with Gasteiger partial charge in [0.25, 0.3) is 0 Å². The molecule has 2 heteroatoms. The molecule has 1 aliphatic rings. The van der Waals surface area contributed by atoms with Crippen molar-refractivity contribution in [1.29, 1.82) is 0 Å². The molecular formula is C100H72N2. The van der Waals surface area contributed by atoms with Crippen LogP contribution in [-0.2, 0) is 5.41 Å². The first kappa shape index (κ1) is 62.4. The topological polar surface area (TPSA) is 6.48 Å². The van der Waals surface area contributed by atoms with Crippen LogP contribution < -0.4 is 9.80 Å². The zero-order valence-electron chi connectivity index (χ0n) is 56.7. The van der Waals surface area contributed by atoms with Gasteiger partial charge in [0.15, 0.2) is 0 Å². The number of nitrogens with zero attached hydrogens (tertiary/aromatic N) is 2. The van der Waals surface area contributed by atoms with Crippen LogP contribution in [0.5, 0.6) is 0 Å². The summed E-state index contributed by atoms with van der Waals surface area (Å²) in [7, 11) is 0. The standard InChI is InChI=1S/C53H37N.C47H35N/c1-6-20-38(21-7-1)48-37-51(46-31-16-17-32-47(46)52(48)39-22-8-2-9-23-39)54(42-28-14-5-15-29-42)43-34-35-45-44-30-18-19-33-49(44)53(50(45)36-43,40-24-10-3-11-25-40)41-26-12-4-13-27-41;1-34-15-11-12-22-42(34)38-27-31-41(32-28-38)48(40-29-25-36(26-30-40)35-16-5-2-6-17-35)46-33-45(37-18-7-3-8-19-37)47(39-20-9-4-10-21-39)44-24-14-13-23-43(44)46/h1-37H;2-33H,1H3. The lowest BCUT2D eigenvalue weighted by Crippen LogP contribution is -2.28. The van der Waals surface area contributed by atoms with E-state index in [-0.39, 0.29) is 0 Å². The molecule has 18 rings (SSSR count). The van der Waals surface area contributed by atoms with Crippen LogP contribution in [0.25, 0.3) is 99.4 Å². The maximum Gasteiger partial charge on any atom is 0.0714 e. The summed E-state index contributed by atoms with van der Waals surface area (Å²) in [4.78, 5) is 4.88. The highest BCUT2D eigenvalue weighted by atomic mass is 15.1. The molecule has 0 saturated carbocycles. The van der Waals surface area contributed by atoms with E-state index >= 15 is 0 Å². The molecule has 1 aliphatic carbocycles. The lowest BCUT2D eigenvalue weighted by atomic mass is 9.67. The molecule has 17 aromatic rings. The fourth-order valence-electron chi connectivity index (χ4n) is 15.7.